The van der Waals surface area contributed by atoms with Crippen molar-refractivity contribution in [2.24, 2.45) is 0 Å². The first kappa shape index (κ1) is 10.5. The van der Waals surface area contributed by atoms with E-state index in [-0.39, 0.29) is 5.56 Å². The van der Waals surface area contributed by atoms with Crippen LogP contribution in [0.25, 0.3) is 21.0 Å². The zero-order valence-electron chi connectivity index (χ0n) is 8.45. The first-order chi connectivity index (χ1) is 8.19. The third-order valence-corrected chi connectivity index (χ3v) is 4.26. The predicted molar refractivity (Wildman–Crippen MR) is 72.4 cm³/mol. The zero-order valence-corrected chi connectivity index (χ0v) is 10.9. The Morgan fingerprint density at radius 1 is 1.29 bits per heavy atom. The second-order valence-electron chi connectivity index (χ2n) is 3.62. The molecule has 1 aromatic carbocycles. The van der Waals surface area contributed by atoms with Gasteiger partial charge in [-0.05, 0) is 34.1 Å². The fourth-order valence-corrected chi connectivity index (χ4v) is 3.47. The molecule has 0 amide bonds. The number of rotatable bonds is 0. The minimum atomic E-state index is -0.121. The number of halogens is 1. The summed E-state index contributed by atoms with van der Waals surface area (Å²) in [6, 6.07) is 9.21. The Morgan fingerprint density at radius 2 is 2.12 bits per heavy atom. The Balaban J connectivity index is 2.57. The first-order valence-electron chi connectivity index (χ1n) is 4.84. The van der Waals surface area contributed by atoms with Crippen LogP contribution < -0.4 is 5.56 Å². The van der Waals surface area contributed by atoms with Gasteiger partial charge in [0.2, 0.25) is 0 Å². The summed E-state index contributed by atoms with van der Waals surface area (Å²) in [4.78, 5) is 14.7. The lowest BCUT2D eigenvalue weighted by atomic mass is 10.1. The molecule has 3 nitrogen and oxygen atoms in total. The standard InChI is InChI=1S/C12H5BrN2OS/c13-10-4-8-11(17-10)7-2-1-6(5-14)3-9(7)15-12(8)16/h1-4H,(H,15,16). The van der Waals surface area contributed by atoms with Crippen LogP contribution in [0.1, 0.15) is 5.56 Å². The maximum Gasteiger partial charge on any atom is 0.257 e. The van der Waals surface area contributed by atoms with E-state index in [1.54, 1.807) is 12.1 Å². The van der Waals surface area contributed by atoms with Crippen molar-refractivity contribution in [3.63, 3.8) is 0 Å². The van der Waals surface area contributed by atoms with Crippen molar-refractivity contribution in [3.8, 4) is 6.07 Å². The van der Waals surface area contributed by atoms with E-state index in [0.717, 1.165) is 13.9 Å². The number of nitrogens with zero attached hydrogens (tertiary/aromatic N) is 1. The monoisotopic (exact) mass is 304 g/mol. The molecule has 2 heterocycles. The first-order valence-corrected chi connectivity index (χ1v) is 6.45. The molecular weight excluding hydrogens is 300 g/mol. The van der Waals surface area contributed by atoms with E-state index in [1.807, 2.05) is 12.1 Å². The number of nitrogens with one attached hydrogen (secondary N) is 1. The quantitative estimate of drug-likeness (QED) is 0.692. The van der Waals surface area contributed by atoms with Crippen LogP contribution >= 0.6 is 27.3 Å². The summed E-state index contributed by atoms with van der Waals surface area (Å²) in [5.74, 6) is 0. The van der Waals surface area contributed by atoms with Gasteiger partial charge in [0, 0.05) is 5.39 Å². The summed E-state index contributed by atoms with van der Waals surface area (Å²) in [6.07, 6.45) is 0. The van der Waals surface area contributed by atoms with Crippen molar-refractivity contribution >= 4 is 48.3 Å². The molecule has 5 heteroatoms. The third-order valence-electron chi connectivity index (χ3n) is 2.59. The number of hydrogen-bond acceptors (Lipinski definition) is 3. The van der Waals surface area contributed by atoms with Gasteiger partial charge in [-0.15, -0.1) is 11.3 Å². The van der Waals surface area contributed by atoms with Gasteiger partial charge in [-0.25, -0.2) is 0 Å². The molecule has 0 atom stereocenters. The molecule has 0 unspecified atom stereocenters. The van der Waals surface area contributed by atoms with E-state index in [4.69, 9.17) is 5.26 Å². The van der Waals surface area contributed by atoms with Gasteiger partial charge in [-0.2, -0.15) is 5.26 Å². The summed E-state index contributed by atoms with van der Waals surface area (Å²) in [7, 11) is 0. The lowest BCUT2D eigenvalue weighted by molar-refractivity contribution is 1.34. The van der Waals surface area contributed by atoms with Crippen LogP contribution in [0.3, 0.4) is 0 Å². The van der Waals surface area contributed by atoms with Crippen LogP contribution in [0, 0.1) is 11.3 Å². The molecule has 0 fully saturated rings. The second-order valence-corrected chi connectivity index (χ2v) is 6.05. The van der Waals surface area contributed by atoms with Gasteiger partial charge in [0.1, 0.15) is 0 Å². The van der Waals surface area contributed by atoms with Crippen molar-refractivity contribution in [2.75, 3.05) is 0 Å². The number of pyridine rings is 1. The van der Waals surface area contributed by atoms with E-state index >= 15 is 0 Å². The SMILES string of the molecule is N#Cc1ccc2c(c1)[nH]c(=O)c1cc(Br)sc12. The van der Waals surface area contributed by atoms with Crippen LogP contribution in [0.5, 0.6) is 0 Å². The number of aromatic amines is 1. The highest BCUT2D eigenvalue weighted by Crippen LogP contribution is 2.32. The van der Waals surface area contributed by atoms with Crippen molar-refractivity contribution in [1.82, 2.24) is 4.98 Å². The molecule has 82 valence electrons. The Labute approximate surface area is 108 Å². The molecule has 0 radical (unpaired) electrons. The Bertz CT molecular complexity index is 841. The van der Waals surface area contributed by atoms with E-state index in [9.17, 15) is 4.79 Å². The number of hydrogen-bond donors (Lipinski definition) is 1. The molecule has 0 bridgehead atoms. The lowest BCUT2D eigenvalue weighted by Crippen LogP contribution is -2.04. The van der Waals surface area contributed by atoms with Crippen molar-refractivity contribution in [1.29, 1.82) is 5.26 Å². The second kappa shape index (κ2) is 3.69. The Hall–Kier alpha value is -1.64. The minimum Gasteiger partial charge on any atom is -0.321 e. The normalized spacial score (nSPS) is 10.8. The topological polar surface area (TPSA) is 56.6 Å². The number of H-pyrrole nitrogens is 1. The van der Waals surface area contributed by atoms with E-state index < -0.39 is 0 Å². The number of benzene rings is 1. The predicted octanol–water partition coefficient (Wildman–Crippen LogP) is 3.38. The largest absolute Gasteiger partial charge is 0.321 e. The maximum absolute atomic E-state index is 11.9. The molecule has 0 aliphatic heterocycles. The summed E-state index contributed by atoms with van der Waals surface area (Å²) < 4.78 is 1.87. The number of nitriles is 1. The number of fused-ring (bicyclic) bond motifs is 3. The highest BCUT2D eigenvalue weighted by atomic mass is 79.9. The lowest BCUT2D eigenvalue weighted by Gasteiger charge is -1.99. The van der Waals surface area contributed by atoms with E-state index in [0.29, 0.717) is 16.5 Å². The van der Waals surface area contributed by atoms with Gasteiger partial charge in [0.05, 0.1) is 31.0 Å². The fourth-order valence-electron chi connectivity index (χ4n) is 1.83. The maximum atomic E-state index is 11.9. The molecule has 2 aromatic heterocycles. The molecule has 0 aliphatic carbocycles. The number of thiophene rings is 1. The molecule has 3 rings (SSSR count). The third kappa shape index (κ3) is 1.57. The molecule has 3 aromatic rings. The smallest absolute Gasteiger partial charge is 0.257 e. The average Bonchev–Trinajstić information content (AvgIpc) is 2.71. The molecule has 1 N–H and O–H groups in total. The molecule has 0 spiro atoms. The summed E-state index contributed by atoms with van der Waals surface area (Å²) in [5, 5.41) is 10.5. The van der Waals surface area contributed by atoms with Crippen LogP contribution in [-0.2, 0) is 0 Å². The highest BCUT2D eigenvalue weighted by Gasteiger charge is 2.09. The van der Waals surface area contributed by atoms with Gasteiger partial charge in [-0.1, -0.05) is 6.07 Å². The van der Waals surface area contributed by atoms with E-state index in [2.05, 4.69) is 27.0 Å². The Kier molecular flexibility index (Phi) is 2.28. The zero-order chi connectivity index (χ0) is 12.0. The van der Waals surface area contributed by atoms with Gasteiger partial charge < -0.3 is 4.98 Å². The minimum absolute atomic E-state index is 0.121. The van der Waals surface area contributed by atoms with Crippen molar-refractivity contribution in [3.05, 3.63) is 44.0 Å². The summed E-state index contributed by atoms with van der Waals surface area (Å²) >= 11 is 4.91. The summed E-state index contributed by atoms with van der Waals surface area (Å²) in [5.41, 5.74) is 1.13. The van der Waals surface area contributed by atoms with Crippen molar-refractivity contribution < 1.29 is 0 Å². The van der Waals surface area contributed by atoms with Gasteiger partial charge in [0.15, 0.2) is 0 Å². The van der Waals surface area contributed by atoms with Crippen LogP contribution in [0.15, 0.2) is 32.8 Å². The van der Waals surface area contributed by atoms with Crippen molar-refractivity contribution in [2.45, 2.75) is 0 Å². The highest BCUT2D eigenvalue weighted by molar-refractivity contribution is 9.11. The Morgan fingerprint density at radius 3 is 2.88 bits per heavy atom. The van der Waals surface area contributed by atoms with Gasteiger partial charge in [0.25, 0.3) is 5.56 Å². The van der Waals surface area contributed by atoms with Crippen LogP contribution in [0.2, 0.25) is 0 Å². The van der Waals surface area contributed by atoms with Crippen LogP contribution in [-0.4, -0.2) is 4.98 Å². The molecule has 17 heavy (non-hydrogen) atoms. The number of aromatic nitrogens is 1. The van der Waals surface area contributed by atoms with E-state index in [1.165, 1.54) is 11.3 Å². The molecular formula is C12H5BrN2OS. The van der Waals surface area contributed by atoms with Gasteiger partial charge in [-0.3, -0.25) is 4.79 Å². The fraction of sp³-hybridized carbons (Fsp3) is 0. The molecule has 0 saturated carbocycles. The summed E-state index contributed by atoms with van der Waals surface area (Å²) in [6.45, 7) is 0. The van der Waals surface area contributed by atoms with Gasteiger partial charge >= 0.3 is 0 Å². The molecule has 0 saturated heterocycles. The average molecular weight is 305 g/mol. The molecule has 0 aliphatic rings. The van der Waals surface area contributed by atoms with Crippen LogP contribution in [0.4, 0.5) is 0 Å².